The van der Waals surface area contributed by atoms with Gasteiger partial charge in [-0.15, -0.1) is 0 Å². The van der Waals surface area contributed by atoms with Gasteiger partial charge in [0.15, 0.2) is 0 Å². The SMILES string of the molecule is CCCc1ccc(C=Cc2ccc(N(c3ccccc3)c3ccccc3)cc2)cc1. The Bertz CT molecular complexity index is 1020. The summed E-state index contributed by atoms with van der Waals surface area (Å²) in [6, 6.07) is 38.5. The van der Waals surface area contributed by atoms with E-state index in [9.17, 15) is 0 Å². The van der Waals surface area contributed by atoms with Crippen molar-refractivity contribution in [3.05, 3.63) is 126 Å². The first-order valence-corrected chi connectivity index (χ1v) is 10.6. The summed E-state index contributed by atoms with van der Waals surface area (Å²) in [5.74, 6) is 0. The minimum Gasteiger partial charge on any atom is -0.311 e. The van der Waals surface area contributed by atoms with Gasteiger partial charge >= 0.3 is 0 Å². The monoisotopic (exact) mass is 389 g/mol. The molecule has 0 saturated carbocycles. The van der Waals surface area contributed by atoms with Crippen LogP contribution >= 0.6 is 0 Å². The van der Waals surface area contributed by atoms with Crippen molar-refractivity contribution in [1.82, 2.24) is 0 Å². The Hall–Kier alpha value is -3.58. The van der Waals surface area contributed by atoms with E-state index in [2.05, 4.69) is 133 Å². The Kier molecular flexibility index (Phi) is 6.41. The van der Waals surface area contributed by atoms with Crippen molar-refractivity contribution in [3.8, 4) is 0 Å². The highest BCUT2D eigenvalue weighted by molar-refractivity contribution is 5.78. The Morgan fingerprint density at radius 2 is 0.967 bits per heavy atom. The predicted octanol–water partition coefficient (Wildman–Crippen LogP) is 8.28. The third-order valence-corrected chi connectivity index (χ3v) is 5.17. The Labute approximate surface area is 179 Å². The third kappa shape index (κ3) is 4.87. The minimum absolute atomic E-state index is 1.14. The molecule has 4 rings (SSSR count). The number of hydrogen-bond donors (Lipinski definition) is 0. The zero-order valence-corrected chi connectivity index (χ0v) is 17.4. The van der Waals surface area contributed by atoms with Gasteiger partial charge in [-0.05, 0) is 59.5 Å². The minimum atomic E-state index is 1.14. The van der Waals surface area contributed by atoms with Gasteiger partial charge in [-0.25, -0.2) is 0 Å². The largest absolute Gasteiger partial charge is 0.311 e. The van der Waals surface area contributed by atoms with Crippen molar-refractivity contribution in [2.75, 3.05) is 4.90 Å². The van der Waals surface area contributed by atoms with Gasteiger partial charge in [0.2, 0.25) is 0 Å². The van der Waals surface area contributed by atoms with Crippen molar-refractivity contribution >= 4 is 29.2 Å². The molecule has 0 spiro atoms. The highest BCUT2D eigenvalue weighted by Gasteiger charge is 2.11. The molecule has 0 N–H and O–H groups in total. The van der Waals surface area contributed by atoms with Crippen LogP contribution in [0, 0.1) is 0 Å². The number of rotatable bonds is 7. The number of nitrogens with zero attached hydrogens (tertiary/aromatic N) is 1. The van der Waals surface area contributed by atoms with E-state index in [1.54, 1.807) is 0 Å². The topological polar surface area (TPSA) is 3.24 Å². The standard InChI is InChI=1S/C29H27N/c1-2-9-24-14-16-25(17-15-24)18-19-26-20-22-29(23-21-26)30(27-10-5-3-6-11-27)28-12-7-4-8-13-28/h3-8,10-23H,2,9H2,1H3. The molecule has 0 atom stereocenters. The molecule has 4 aromatic rings. The number of anilines is 3. The fourth-order valence-electron chi connectivity index (χ4n) is 3.61. The van der Waals surface area contributed by atoms with Gasteiger partial charge in [-0.2, -0.15) is 0 Å². The van der Waals surface area contributed by atoms with Gasteiger partial charge in [0.05, 0.1) is 0 Å². The summed E-state index contributed by atoms with van der Waals surface area (Å²) < 4.78 is 0. The van der Waals surface area contributed by atoms with E-state index in [1.807, 2.05) is 0 Å². The second kappa shape index (κ2) is 9.76. The van der Waals surface area contributed by atoms with Gasteiger partial charge in [0.1, 0.15) is 0 Å². The molecule has 0 aromatic heterocycles. The summed E-state index contributed by atoms with van der Waals surface area (Å²) in [5.41, 5.74) is 7.28. The first-order chi connectivity index (χ1) is 14.8. The van der Waals surface area contributed by atoms with Crippen molar-refractivity contribution in [2.45, 2.75) is 19.8 Å². The van der Waals surface area contributed by atoms with E-state index in [1.165, 1.54) is 23.1 Å². The van der Waals surface area contributed by atoms with Crippen LogP contribution in [0.4, 0.5) is 17.1 Å². The average Bonchev–Trinajstić information content (AvgIpc) is 2.81. The highest BCUT2D eigenvalue weighted by atomic mass is 15.1. The summed E-state index contributed by atoms with van der Waals surface area (Å²) in [7, 11) is 0. The first-order valence-electron chi connectivity index (χ1n) is 10.6. The zero-order chi connectivity index (χ0) is 20.6. The lowest BCUT2D eigenvalue weighted by Gasteiger charge is -2.25. The molecule has 0 aliphatic carbocycles. The van der Waals surface area contributed by atoms with Gasteiger partial charge in [0.25, 0.3) is 0 Å². The molecule has 4 aromatic carbocycles. The molecule has 30 heavy (non-hydrogen) atoms. The number of para-hydroxylation sites is 2. The molecular formula is C29H27N. The molecule has 0 radical (unpaired) electrons. The van der Waals surface area contributed by atoms with Gasteiger partial charge in [-0.1, -0.05) is 98.3 Å². The first kappa shape index (κ1) is 19.7. The zero-order valence-electron chi connectivity index (χ0n) is 17.4. The van der Waals surface area contributed by atoms with Crippen LogP contribution in [0.1, 0.15) is 30.0 Å². The van der Waals surface area contributed by atoms with E-state index in [4.69, 9.17) is 0 Å². The number of benzene rings is 4. The van der Waals surface area contributed by atoms with Crippen molar-refractivity contribution in [3.63, 3.8) is 0 Å². The average molecular weight is 390 g/mol. The molecule has 0 aliphatic rings. The van der Waals surface area contributed by atoms with E-state index >= 15 is 0 Å². The van der Waals surface area contributed by atoms with Gasteiger partial charge in [-0.3, -0.25) is 0 Å². The van der Waals surface area contributed by atoms with Crippen molar-refractivity contribution < 1.29 is 0 Å². The Morgan fingerprint density at radius 1 is 0.533 bits per heavy atom. The maximum Gasteiger partial charge on any atom is 0.0462 e. The lowest BCUT2D eigenvalue weighted by atomic mass is 10.1. The lowest BCUT2D eigenvalue weighted by molar-refractivity contribution is 0.922. The number of aryl methyl sites for hydroxylation is 1. The van der Waals surface area contributed by atoms with Crippen LogP contribution in [0.3, 0.4) is 0 Å². The summed E-state index contributed by atoms with van der Waals surface area (Å²) in [6.45, 7) is 2.22. The van der Waals surface area contributed by atoms with E-state index < -0.39 is 0 Å². The molecule has 0 amide bonds. The van der Waals surface area contributed by atoms with Crippen LogP contribution in [0.5, 0.6) is 0 Å². The molecule has 1 nitrogen and oxygen atoms in total. The second-order valence-corrected chi connectivity index (χ2v) is 7.42. The number of hydrogen-bond acceptors (Lipinski definition) is 1. The van der Waals surface area contributed by atoms with Gasteiger partial charge < -0.3 is 4.90 Å². The molecule has 0 saturated heterocycles. The summed E-state index contributed by atoms with van der Waals surface area (Å²) in [5, 5.41) is 0. The Morgan fingerprint density at radius 3 is 1.43 bits per heavy atom. The maximum absolute atomic E-state index is 2.28. The van der Waals surface area contributed by atoms with E-state index in [0.717, 1.165) is 23.5 Å². The van der Waals surface area contributed by atoms with Crippen LogP contribution in [0.15, 0.2) is 109 Å². The second-order valence-electron chi connectivity index (χ2n) is 7.42. The fourth-order valence-corrected chi connectivity index (χ4v) is 3.61. The van der Waals surface area contributed by atoms with Crippen LogP contribution in [-0.4, -0.2) is 0 Å². The van der Waals surface area contributed by atoms with Crippen LogP contribution < -0.4 is 4.90 Å². The molecule has 0 aliphatic heterocycles. The normalized spacial score (nSPS) is 11.0. The molecular weight excluding hydrogens is 362 g/mol. The van der Waals surface area contributed by atoms with E-state index in [-0.39, 0.29) is 0 Å². The molecule has 0 fully saturated rings. The van der Waals surface area contributed by atoms with Crippen LogP contribution in [0.25, 0.3) is 12.2 Å². The molecule has 0 unspecified atom stereocenters. The van der Waals surface area contributed by atoms with Crippen molar-refractivity contribution in [1.29, 1.82) is 0 Å². The molecule has 0 heterocycles. The maximum atomic E-state index is 2.28. The predicted molar refractivity (Wildman–Crippen MR) is 130 cm³/mol. The third-order valence-electron chi connectivity index (χ3n) is 5.17. The van der Waals surface area contributed by atoms with Crippen LogP contribution in [-0.2, 0) is 6.42 Å². The highest BCUT2D eigenvalue weighted by Crippen LogP contribution is 2.34. The molecule has 1 heteroatoms. The fraction of sp³-hybridized carbons (Fsp3) is 0.103. The molecule has 148 valence electrons. The summed E-state index contributed by atoms with van der Waals surface area (Å²) in [4.78, 5) is 2.28. The molecule has 0 bridgehead atoms. The smallest absolute Gasteiger partial charge is 0.0462 e. The van der Waals surface area contributed by atoms with E-state index in [0.29, 0.717) is 0 Å². The summed E-state index contributed by atoms with van der Waals surface area (Å²) in [6.07, 6.45) is 6.68. The van der Waals surface area contributed by atoms with Crippen molar-refractivity contribution in [2.24, 2.45) is 0 Å². The Balaban J connectivity index is 1.56. The summed E-state index contributed by atoms with van der Waals surface area (Å²) >= 11 is 0. The quantitative estimate of drug-likeness (QED) is 0.287. The lowest BCUT2D eigenvalue weighted by Crippen LogP contribution is -2.09. The van der Waals surface area contributed by atoms with Crippen LogP contribution in [0.2, 0.25) is 0 Å². The van der Waals surface area contributed by atoms with Gasteiger partial charge in [0, 0.05) is 17.1 Å².